The molecule has 0 spiro atoms. The number of alkyl halides is 3. The molecule has 3 rings (SSSR count). The predicted molar refractivity (Wildman–Crippen MR) is 76.3 cm³/mol. The standard InChI is InChI=1S/C13H12F3N7O/c1-7(2)23-20-12(19-21-23)18-11(24)9-10(13(14,15)16)17-8-5-3-4-6-22(8)9/h3-7H,1-2H3,(H,18,20,24). The van der Waals surface area contributed by atoms with Crippen LogP contribution in [-0.2, 0) is 6.18 Å². The minimum Gasteiger partial charge on any atom is -0.295 e. The highest BCUT2D eigenvalue weighted by atomic mass is 19.4. The number of imidazole rings is 1. The van der Waals surface area contributed by atoms with Crippen LogP contribution in [0.5, 0.6) is 0 Å². The highest BCUT2D eigenvalue weighted by Gasteiger charge is 2.40. The highest BCUT2D eigenvalue weighted by Crippen LogP contribution is 2.32. The Kier molecular flexibility index (Phi) is 3.70. The second kappa shape index (κ2) is 5.58. The van der Waals surface area contributed by atoms with Gasteiger partial charge >= 0.3 is 6.18 Å². The van der Waals surface area contributed by atoms with Crippen molar-refractivity contribution in [3.63, 3.8) is 0 Å². The summed E-state index contributed by atoms with van der Waals surface area (Å²) in [6.07, 6.45) is -3.45. The van der Waals surface area contributed by atoms with Crippen molar-refractivity contribution < 1.29 is 18.0 Å². The average molecular weight is 339 g/mol. The van der Waals surface area contributed by atoms with Crippen LogP contribution in [0, 0.1) is 0 Å². The van der Waals surface area contributed by atoms with E-state index in [1.165, 1.54) is 29.2 Å². The second-order valence-electron chi connectivity index (χ2n) is 5.22. The molecule has 0 unspecified atom stereocenters. The van der Waals surface area contributed by atoms with Crippen LogP contribution in [-0.4, -0.2) is 35.5 Å². The fourth-order valence-electron chi connectivity index (χ4n) is 2.07. The Morgan fingerprint density at radius 2 is 2.04 bits per heavy atom. The molecule has 0 aliphatic carbocycles. The molecule has 0 radical (unpaired) electrons. The van der Waals surface area contributed by atoms with E-state index in [0.29, 0.717) is 0 Å². The Balaban J connectivity index is 2.02. The molecule has 3 aromatic heterocycles. The number of aromatic nitrogens is 6. The molecule has 0 saturated carbocycles. The van der Waals surface area contributed by atoms with Crippen LogP contribution in [0.15, 0.2) is 24.4 Å². The fraction of sp³-hybridized carbons (Fsp3) is 0.308. The topological polar surface area (TPSA) is 90.0 Å². The summed E-state index contributed by atoms with van der Waals surface area (Å²) in [7, 11) is 0. The van der Waals surface area contributed by atoms with Gasteiger partial charge in [-0.3, -0.25) is 14.5 Å². The van der Waals surface area contributed by atoms with Gasteiger partial charge in [-0.1, -0.05) is 11.2 Å². The first kappa shape index (κ1) is 15.9. The predicted octanol–water partition coefficient (Wildman–Crippen LogP) is 2.17. The first-order chi connectivity index (χ1) is 11.3. The van der Waals surface area contributed by atoms with Crippen molar-refractivity contribution in [2.24, 2.45) is 0 Å². The Morgan fingerprint density at radius 1 is 1.29 bits per heavy atom. The lowest BCUT2D eigenvalue weighted by Gasteiger charge is -2.06. The molecule has 126 valence electrons. The van der Waals surface area contributed by atoms with Gasteiger partial charge in [-0.25, -0.2) is 4.98 Å². The van der Waals surface area contributed by atoms with Gasteiger partial charge in [-0.05, 0) is 31.2 Å². The van der Waals surface area contributed by atoms with E-state index in [0.717, 1.165) is 4.40 Å². The number of fused-ring (bicyclic) bond motifs is 1. The third kappa shape index (κ3) is 2.79. The normalized spacial score (nSPS) is 12.1. The van der Waals surface area contributed by atoms with Crippen molar-refractivity contribution in [2.45, 2.75) is 26.1 Å². The number of hydrogen-bond acceptors (Lipinski definition) is 5. The minimum absolute atomic E-state index is 0.00812. The molecule has 0 aliphatic heterocycles. The molecule has 0 aromatic carbocycles. The number of halogens is 3. The van der Waals surface area contributed by atoms with Crippen LogP contribution in [0.2, 0.25) is 0 Å². The zero-order chi connectivity index (χ0) is 17.5. The number of nitrogens with one attached hydrogen (secondary N) is 1. The molecule has 8 nitrogen and oxygen atoms in total. The van der Waals surface area contributed by atoms with Crippen molar-refractivity contribution in [1.82, 2.24) is 29.6 Å². The zero-order valence-corrected chi connectivity index (χ0v) is 12.6. The van der Waals surface area contributed by atoms with E-state index in [4.69, 9.17) is 0 Å². The summed E-state index contributed by atoms with van der Waals surface area (Å²) in [5.41, 5.74) is -1.91. The number of nitrogens with zero attached hydrogens (tertiary/aromatic N) is 6. The summed E-state index contributed by atoms with van der Waals surface area (Å²) in [6.45, 7) is 3.58. The average Bonchev–Trinajstić information content (AvgIpc) is 3.10. The SMILES string of the molecule is CC(C)n1nnc(NC(=O)c2c(C(F)(F)F)nc3ccccn23)n1. The molecule has 0 atom stereocenters. The number of amides is 1. The number of carbonyl (C=O) groups is 1. The van der Waals surface area contributed by atoms with E-state index in [9.17, 15) is 18.0 Å². The Hall–Kier alpha value is -2.98. The van der Waals surface area contributed by atoms with Gasteiger partial charge in [0, 0.05) is 6.20 Å². The number of carbonyl (C=O) groups excluding carboxylic acids is 1. The summed E-state index contributed by atoms with van der Waals surface area (Å²) in [6, 6.07) is 4.29. The van der Waals surface area contributed by atoms with Gasteiger partial charge in [0.05, 0.1) is 6.04 Å². The lowest BCUT2D eigenvalue weighted by atomic mass is 10.3. The molecule has 1 N–H and O–H groups in total. The molecule has 11 heteroatoms. The van der Waals surface area contributed by atoms with E-state index >= 15 is 0 Å². The van der Waals surface area contributed by atoms with Crippen LogP contribution in [0.25, 0.3) is 5.65 Å². The number of rotatable bonds is 3. The number of anilines is 1. The maximum absolute atomic E-state index is 13.2. The molecular weight excluding hydrogens is 327 g/mol. The van der Waals surface area contributed by atoms with Crippen molar-refractivity contribution in [3.05, 3.63) is 35.8 Å². The maximum Gasteiger partial charge on any atom is 0.435 e. The molecular formula is C13H12F3N7O. The molecule has 0 aliphatic rings. The summed E-state index contributed by atoms with van der Waals surface area (Å²) in [5.74, 6) is -1.21. The Labute approximate surface area is 133 Å². The second-order valence-corrected chi connectivity index (χ2v) is 5.22. The van der Waals surface area contributed by atoms with Gasteiger partial charge in [0.2, 0.25) is 0 Å². The van der Waals surface area contributed by atoms with Crippen LogP contribution in [0.4, 0.5) is 19.1 Å². The quantitative estimate of drug-likeness (QED) is 0.790. The summed E-state index contributed by atoms with van der Waals surface area (Å²) >= 11 is 0. The molecule has 0 fully saturated rings. The number of hydrogen-bond donors (Lipinski definition) is 1. The fourth-order valence-corrected chi connectivity index (χ4v) is 2.07. The molecule has 3 heterocycles. The Morgan fingerprint density at radius 3 is 2.67 bits per heavy atom. The molecule has 0 bridgehead atoms. The van der Waals surface area contributed by atoms with Crippen molar-refractivity contribution >= 4 is 17.5 Å². The first-order valence-electron chi connectivity index (χ1n) is 6.92. The van der Waals surface area contributed by atoms with Gasteiger partial charge in [0.1, 0.15) is 11.3 Å². The number of pyridine rings is 1. The monoisotopic (exact) mass is 339 g/mol. The zero-order valence-electron chi connectivity index (χ0n) is 12.6. The van der Waals surface area contributed by atoms with Crippen molar-refractivity contribution in [1.29, 1.82) is 0 Å². The number of tetrazole rings is 1. The smallest absolute Gasteiger partial charge is 0.295 e. The molecule has 1 amide bonds. The van der Waals surface area contributed by atoms with E-state index in [1.807, 2.05) is 0 Å². The van der Waals surface area contributed by atoms with Gasteiger partial charge < -0.3 is 0 Å². The summed E-state index contributed by atoms with van der Waals surface area (Å²) < 4.78 is 40.6. The molecule has 24 heavy (non-hydrogen) atoms. The van der Waals surface area contributed by atoms with Gasteiger partial charge in [-0.2, -0.15) is 18.0 Å². The van der Waals surface area contributed by atoms with Gasteiger partial charge in [-0.15, -0.1) is 5.10 Å². The third-order valence-corrected chi connectivity index (χ3v) is 3.13. The van der Waals surface area contributed by atoms with Crippen molar-refractivity contribution in [3.8, 4) is 0 Å². The lowest BCUT2D eigenvalue weighted by molar-refractivity contribution is -0.141. The summed E-state index contributed by atoms with van der Waals surface area (Å²) in [5, 5.41) is 13.4. The van der Waals surface area contributed by atoms with E-state index in [-0.39, 0.29) is 17.6 Å². The first-order valence-corrected chi connectivity index (χ1v) is 6.92. The summed E-state index contributed by atoms with van der Waals surface area (Å²) in [4.78, 5) is 17.1. The molecule has 3 aromatic rings. The largest absolute Gasteiger partial charge is 0.435 e. The van der Waals surface area contributed by atoms with Crippen LogP contribution in [0.3, 0.4) is 0 Å². The Bertz CT molecular complexity index is 896. The maximum atomic E-state index is 13.2. The van der Waals surface area contributed by atoms with E-state index < -0.39 is 23.5 Å². The third-order valence-electron chi connectivity index (χ3n) is 3.13. The van der Waals surface area contributed by atoms with Crippen LogP contribution in [0.1, 0.15) is 36.1 Å². The minimum atomic E-state index is -4.78. The van der Waals surface area contributed by atoms with Crippen LogP contribution >= 0.6 is 0 Å². The van der Waals surface area contributed by atoms with Crippen LogP contribution < -0.4 is 5.32 Å². The van der Waals surface area contributed by atoms with E-state index in [1.54, 1.807) is 13.8 Å². The van der Waals surface area contributed by atoms with Crippen molar-refractivity contribution in [2.75, 3.05) is 5.32 Å². The molecule has 0 saturated heterocycles. The van der Waals surface area contributed by atoms with E-state index in [2.05, 4.69) is 25.7 Å². The lowest BCUT2D eigenvalue weighted by Crippen LogP contribution is -2.21. The van der Waals surface area contributed by atoms with Gasteiger partial charge in [0.25, 0.3) is 11.9 Å². The van der Waals surface area contributed by atoms with Gasteiger partial charge in [0.15, 0.2) is 5.69 Å². The highest BCUT2D eigenvalue weighted by molar-refractivity contribution is 6.03.